The van der Waals surface area contributed by atoms with Gasteiger partial charge in [0.25, 0.3) is 5.91 Å². The van der Waals surface area contributed by atoms with Crippen molar-refractivity contribution in [1.29, 1.82) is 0 Å². The Bertz CT molecular complexity index is 210. The molecule has 1 unspecified atom stereocenters. The third-order valence-electron chi connectivity index (χ3n) is 2.68. The predicted molar refractivity (Wildman–Crippen MR) is 58.0 cm³/mol. The van der Waals surface area contributed by atoms with Gasteiger partial charge in [0.2, 0.25) is 0 Å². The highest BCUT2D eigenvalue weighted by Crippen LogP contribution is 2.24. The average molecular weight is 201 g/mol. The molecule has 3 heteroatoms. The maximum Gasteiger partial charge on any atom is 0.253 e. The normalized spacial score (nSPS) is 15.1. The molecule has 0 aromatic rings. The molecule has 14 heavy (non-hydrogen) atoms. The van der Waals surface area contributed by atoms with Crippen molar-refractivity contribution < 1.29 is 9.90 Å². The van der Waals surface area contributed by atoms with Crippen LogP contribution < -0.4 is 0 Å². The third kappa shape index (κ3) is 3.29. The number of carbonyl (C=O) groups excluding carboxylic acids is 1. The summed E-state index contributed by atoms with van der Waals surface area (Å²) in [6.07, 6.45) is 0. The van der Waals surface area contributed by atoms with Crippen LogP contribution >= 0.6 is 0 Å². The Kier molecular flexibility index (Phi) is 3.73. The van der Waals surface area contributed by atoms with Crippen LogP contribution in [-0.2, 0) is 4.79 Å². The highest BCUT2D eigenvalue weighted by atomic mass is 16.3. The van der Waals surface area contributed by atoms with E-state index in [2.05, 4.69) is 20.8 Å². The zero-order chi connectivity index (χ0) is 11.7. The van der Waals surface area contributed by atoms with Crippen LogP contribution in [0, 0.1) is 5.41 Å². The van der Waals surface area contributed by atoms with Crippen molar-refractivity contribution >= 4 is 5.91 Å². The zero-order valence-corrected chi connectivity index (χ0v) is 10.4. The van der Waals surface area contributed by atoms with Gasteiger partial charge in [0, 0.05) is 13.1 Å². The molecule has 0 rings (SSSR count). The quantitative estimate of drug-likeness (QED) is 0.738. The lowest BCUT2D eigenvalue weighted by molar-refractivity contribution is -0.150. The van der Waals surface area contributed by atoms with Crippen molar-refractivity contribution in [3.05, 3.63) is 0 Å². The van der Waals surface area contributed by atoms with E-state index in [1.165, 1.54) is 13.8 Å². The molecule has 0 fully saturated rings. The highest BCUT2D eigenvalue weighted by molar-refractivity contribution is 5.84. The molecule has 0 aromatic heterocycles. The number of nitrogens with zero attached hydrogens (tertiary/aromatic N) is 1. The predicted octanol–water partition coefficient (Wildman–Crippen LogP) is 1.65. The molecule has 0 aliphatic carbocycles. The van der Waals surface area contributed by atoms with Gasteiger partial charge in [0.05, 0.1) is 0 Å². The van der Waals surface area contributed by atoms with Crippen LogP contribution in [0.1, 0.15) is 41.5 Å². The Morgan fingerprint density at radius 1 is 1.21 bits per heavy atom. The minimum Gasteiger partial charge on any atom is -0.381 e. The van der Waals surface area contributed by atoms with Gasteiger partial charge < -0.3 is 10.0 Å². The van der Waals surface area contributed by atoms with Crippen LogP contribution in [0.25, 0.3) is 0 Å². The third-order valence-corrected chi connectivity index (χ3v) is 2.68. The largest absolute Gasteiger partial charge is 0.381 e. The van der Waals surface area contributed by atoms with Crippen LogP contribution in [0.15, 0.2) is 0 Å². The summed E-state index contributed by atoms with van der Waals surface area (Å²) in [6, 6.07) is 0.0985. The second-order valence-electron chi connectivity index (χ2n) is 5.52. The number of carbonyl (C=O) groups is 1. The number of likely N-dealkylation sites (N-methyl/N-ethyl adjacent to an activating group) is 1. The molecule has 0 spiro atoms. The molecule has 0 heterocycles. The van der Waals surface area contributed by atoms with E-state index in [0.717, 1.165) is 0 Å². The molecule has 0 aliphatic rings. The first-order valence-corrected chi connectivity index (χ1v) is 4.97. The lowest BCUT2D eigenvalue weighted by Gasteiger charge is -2.37. The molecule has 0 saturated carbocycles. The van der Waals surface area contributed by atoms with Crippen LogP contribution in [0.5, 0.6) is 0 Å². The molecule has 1 amide bonds. The molecular weight excluding hydrogens is 178 g/mol. The van der Waals surface area contributed by atoms with Gasteiger partial charge in [-0.1, -0.05) is 20.8 Å². The van der Waals surface area contributed by atoms with Crippen LogP contribution in [-0.4, -0.2) is 34.6 Å². The van der Waals surface area contributed by atoms with Crippen molar-refractivity contribution in [3.63, 3.8) is 0 Å². The fraction of sp³-hybridized carbons (Fsp3) is 0.909. The van der Waals surface area contributed by atoms with E-state index < -0.39 is 5.60 Å². The number of hydrogen-bond acceptors (Lipinski definition) is 2. The Morgan fingerprint density at radius 3 is 1.79 bits per heavy atom. The topological polar surface area (TPSA) is 40.5 Å². The standard InChI is InChI=1S/C11H23NO2/c1-8(10(2,3)4)12(7)9(13)11(5,6)14/h8,14H,1-7H3. The number of hydrogen-bond donors (Lipinski definition) is 1. The molecule has 0 aliphatic heterocycles. The van der Waals surface area contributed by atoms with Gasteiger partial charge in [0.15, 0.2) is 0 Å². The summed E-state index contributed by atoms with van der Waals surface area (Å²) in [6.45, 7) is 11.2. The van der Waals surface area contributed by atoms with Crippen molar-refractivity contribution in [3.8, 4) is 0 Å². The minimum absolute atomic E-state index is 0.0235. The number of amides is 1. The summed E-state index contributed by atoms with van der Waals surface area (Å²) in [4.78, 5) is 13.3. The van der Waals surface area contributed by atoms with Crippen LogP contribution in [0.2, 0.25) is 0 Å². The molecule has 84 valence electrons. The van der Waals surface area contributed by atoms with Crippen LogP contribution in [0.3, 0.4) is 0 Å². The van der Waals surface area contributed by atoms with E-state index in [1.807, 2.05) is 6.92 Å². The fourth-order valence-electron chi connectivity index (χ4n) is 1.19. The van der Waals surface area contributed by atoms with Crippen molar-refractivity contribution in [2.24, 2.45) is 5.41 Å². The van der Waals surface area contributed by atoms with Crippen molar-refractivity contribution in [2.75, 3.05) is 7.05 Å². The smallest absolute Gasteiger partial charge is 0.253 e. The molecule has 1 atom stereocenters. The number of rotatable bonds is 2. The first-order valence-electron chi connectivity index (χ1n) is 4.97. The molecule has 0 aromatic carbocycles. The second-order valence-corrected chi connectivity index (χ2v) is 5.52. The Balaban J connectivity index is 4.65. The number of aliphatic hydroxyl groups is 1. The first-order chi connectivity index (χ1) is 5.98. The molecule has 3 nitrogen and oxygen atoms in total. The summed E-state index contributed by atoms with van der Waals surface area (Å²) in [5.41, 5.74) is -1.26. The zero-order valence-electron chi connectivity index (χ0n) is 10.4. The van der Waals surface area contributed by atoms with Gasteiger partial charge >= 0.3 is 0 Å². The molecular formula is C11H23NO2. The Morgan fingerprint density at radius 2 is 1.57 bits per heavy atom. The summed E-state index contributed by atoms with van der Waals surface area (Å²) < 4.78 is 0. The fourth-order valence-corrected chi connectivity index (χ4v) is 1.19. The SMILES string of the molecule is CC(N(C)C(=O)C(C)(C)O)C(C)(C)C. The van der Waals surface area contributed by atoms with Gasteiger partial charge in [-0.3, -0.25) is 4.79 Å². The Labute approximate surface area is 87.1 Å². The van der Waals surface area contributed by atoms with Gasteiger partial charge in [-0.05, 0) is 26.2 Å². The van der Waals surface area contributed by atoms with Gasteiger partial charge in [-0.2, -0.15) is 0 Å². The minimum atomic E-state index is -1.28. The molecule has 0 bridgehead atoms. The first kappa shape index (κ1) is 13.4. The van der Waals surface area contributed by atoms with Gasteiger partial charge in [0.1, 0.15) is 5.60 Å². The van der Waals surface area contributed by atoms with Gasteiger partial charge in [-0.15, -0.1) is 0 Å². The summed E-state index contributed by atoms with van der Waals surface area (Å²) in [7, 11) is 1.73. The average Bonchev–Trinajstić information content (AvgIpc) is 1.97. The molecule has 0 saturated heterocycles. The van der Waals surface area contributed by atoms with E-state index in [-0.39, 0.29) is 17.4 Å². The van der Waals surface area contributed by atoms with Crippen molar-refractivity contribution in [2.45, 2.75) is 53.2 Å². The van der Waals surface area contributed by atoms with E-state index in [9.17, 15) is 9.90 Å². The van der Waals surface area contributed by atoms with E-state index in [0.29, 0.717) is 0 Å². The maximum atomic E-state index is 11.7. The van der Waals surface area contributed by atoms with E-state index >= 15 is 0 Å². The monoisotopic (exact) mass is 201 g/mol. The van der Waals surface area contributed by atoms with E-state index in [1.54, 1.807) is 11.9 Å². The lowest BCUT2D eigenvalue weighted by atomic mass is 9.86. The summed E-state index contributed by atoms with van der Waals surface area (Å²) in [5, 5.41) is 9.58. The Hall–Kier alpha value is -0.570. The van der Waals surface area contributed by atoms with Gasteiger partial charge in [-0.25, -0.2) is 0 Å². The summed E-state index contributed by atoms with van der Waals surface area (Å²) in [5.74, 6) is -0.236. The lowest BCUT2D eigenvalue weighted by Crippen LogP contribution is -2.50. The molecule has 0 radical (unpaired) electrons. The van der Waals surface area contributed by atoms with Crippen LogP contribution in [0.4, 0.5) is 0 Å². The molecule has 1 N–H and O–H groups in total. The second kappa shape index (κ2) is 3.89. The summed E-state index contributed by atoms with van der Waals surface area (Å²) >= 11 is 0. The maximum absolute atomic E-state index is 11.7. The highest BCUT2D eigenvalue weighted by Gasteiger charge is 2.33. The van der Waals surface area contributed by atoms with E-state index in [4.69, 9.17) is 0 Å². The van der Waals surface area contributed by atoms with Crippen molar-refractivity contribution in [1.82, 2.24) is 4.90 Å².